The molecule has 0 aromatic heterocycles. The quantitative estimate of drug-likeness (QED) is 0.812. The van der Waals surface area contributed by atoms with Crippen LogP contribution in [-0.4, -0.2) is 16.7 Å². The summed E-state index contributed by atoms with van der Waals surface area (Å²) < 4.78 is 0. The molecule has 2 rings (SSSR count). The van der Waals surface area contributed by atoms with E-state index in [0.29, 0.717) is 5.92 Å². The summed E-state index contributed by atoms with van der Waals surface area (Å²) in [7, 11) is 0. The molecule has 3 nitrogen and oxygen atoms in total. The maximum absolute atomic E-state index is 5.97. The van der Waals surface area contributed by atoms with Gasteiger partial charge in [0.05, 0.1) is 0 Å². The second-order valence-corrected chi connectivity index (χ2v) is 6.47. The first-order chi connectivity index (χ1) is 9.47. The smallest absolute Gasteiger partial charge is 0.185 e. The van der Waals surface area contributed by atoms with E-state index in [9.17, 15) is 0 Å². The van der Waals surface area contributed by atoms with Gasteiger partial charge in [0.2, 0.25) is 0 Å². The molecule has 1 heterocycles. The first kappa shape index (κ1) is 15.5. The third kappa shape index (κ3) is 3.25. The summed E-state index contributed by atoms with van der Waals surface area (Å²) in [5.41, 5.74) is 4.36. The van der Waals surface area contributed by atoms with Crippen LogP contribution in [0.4, 0.5) is 0 Å². The molecule has 20 heavy (non-hydrogen) atoms. The van der Waals surface area contributed by atoms with Gasteiger partial charge in [-0.15, -0.1) is 0 Å². The van der Waals surface area contributed by atoms with Crippen molar-refractivity contribution in [2.24, 2.45) is 5.92 Å². The second kappa shape index (κ2) is 6.29. The third-order valence-electron chi connectivity index (χ3n) is 3.69. The molecule has 0 spiro atoms. The van der Waals surface area contributed by atoms with Gasteiger partial charge in [0.1, 0.15) is 5.66 Å². The van der Waals surface area contributed by atoms with Gasteiger partial charge in [-0.25, -0.2) is 5.43 Å². The van der Waals surface area contributed by atoms with Gasteiger partial charge in [-0.05, 0) is 48.7 Å². The summed E-state index contributed by atoms with van der Waals surface area (Å²) in [6.45, 7) is 7.50. The van der Waals surface area contributed by atoms with E-state index in [0.717, 1.165) is 35.1 Å². The Kier molecular flexibility index (Phi) is 4.89. The Labute approximate surface area is 131 Å². The van der Waals surface area contributed by atoms with Crippen molar-refractivity contribution in [2.45, 2.75) is 39.3 Å². The predicted octanol–water partition coefficient (Wildman–Crippen LogP) is 3.64. The largest absolute Gasteiger partial charge is 0.338 e. The Morgan fingerprint density at radius 2 is 1.95 bits per heavy atom. The van der Waals surface area contributed by atoms with Gasteiger partial charge in [-0.1, -0.05) is 44.5 Å². The SMILES string of the molecule is CC[C@]1(c2ccc(Cl)cc2)NC(=S)N(CCC(C)C)N1. The summed E-state index contributed by atoms with van der Waals surface area (Å²) in [5.74, 6) is 0.659. The van der Waals surface area contributed by atoms with Crippen molar-refractivity contribution in [2.75, 3.05) is 6.54 Å². The standard InChI is InChI=1S/C15H22ClN3S/c1-4-15(12-5-7-13(16)8-6-12)17-14(20)19(18-15)10-9-11(2)3/h5-8,11,18H,4,9-10H2,1-3H3,(H,17,20)/t15-/m0/s1. The minimum atomic E-state index is -0.321. The van der Waals surface area contributed by atoms with Crippen molar-refractivity contribution < 1.29 is 0 Å². The van der Waals surface area contributed by atoms with Crippen molar-refractivity contribution in [1.82, 2.24) is 15.8 Å². The van der Waals surface area contributed by atoms with Gasteiger partial charge >= 0.3 is 0 Å². The topological polar surface area (TPSA) is 27.3 Å². The molecule has 0 aliphatic carbocycles. The Hall–Kier alpha value is -0.840. The van der Waals surface area contributed by atoms with Crippen LogP contribution in [0.3, 0.4) is 0 Å². The number of nitrogens with one attached hydrogen (secondary N) is 2. The fourth-order valence-corrected chi connectivity index (χ4v) is 2.78. The van der Waals surface area contributed by atoms with Crippen molar-refractivity contribution in [3.8, 4) is 0 Å². The molecule has 1 fully saturated rings. The van der Waals surface area contributed by atoms with Gasteiger partial charge in [-0.3, -0.25) is 5.01 Å². The van der Waals surface area contributed by atoms with Crippen molar-refractivity contribution >= 4 is 28.9 Å². The first-order valence-electron chi connectivity index (χ1n) is 7.10. The highest BCUT2D eigenvalue weighted by Crippen LogP contribution is 2.28. The Balaban J connectivity index is 2.16. The van der Waals surface area contributed by atoms with Crippen LogP contribution in [0.25, 0.3) is 0 Å². The van der Waals surface area contributed by atoms with E-state index in [4.69, 9.17) is 23.8 Å². The maximum atomic E-state index is 5.97. The van der Waals surface area contributed by atoms with E-state index in [1.54, 1.807) is 0 Å². The summed E-state index contributed by atoms with van der Waals surface area (Å²) in [4.78, 5) is 0. The molecule has 1 aliphatic heterocycles. The van der Waals surface area contributed by atoms with Gasteiger partial charge < -0.3 is 5.32 Å². The minimum absolute atomic E-state index is 0.321. The molecule has 2 N–H and O–H groups in total. The monoisotopic (exact) mass is 311 g/mol. The fraction of sp³-hybridized carbons (Fsp3) is 0.533. The van der Waals surface area contributed by atoms with E-state index in [1.807, 2.05) is 29.3 Å². The molecule has 1 aliphatic rings. The van der Waals surface area contributed by atoms with Crippen LogP contribution in [0.5, 0.6) is 0 Å². The predicted molar refractivity (Wildman–Crippen MR) is 88.5 cm³/mol. The van der Waals surface area contributed by atoms with Gasteiger partial charge in [0.25, 0.3) is 0 Å². The lowest BCUT2D eigenvalue weighted by molar-refractivity contribution is 0.205. The molecular weight excluding hydrogens is 290 g/mol. The lowest BCUT2D eigenvalue weighted by Gasteiger charge is -2.29. The molecule has 1 saturated heterocycles. The molecule has 0 amide bonds. The number of hydrogen-bond donors (Lipinski definition) is 2. The number of benzene rings is 1. The Morgan fingerprint density at radius 1 is 1.30 bits per heavy atom. The summed E-state index contributed by atoms with van der Waals surface area (Å²) in [6, 6.07) is 7.91. The molecule has 0 radical (unpaired) electrons. The van der Waals surface area contributed by atoms with Crippen molar-refractivity contribution in [3.63, 3.8) is 0 Å². The molecule has 110 valence electrons. The van der Waals surface area contributed by atoms with Crippen LogP contribution in [0, 0.1) is 5.92 Å². The first-order valence-corrected chi connectivity index (χ1v) is 7.89. The molecule has 0 bridgehead atoms. The number of halogens is 1. The highest BCUT2D eigenvalue weighted by molar-refractivity contribution is 7.80. The Morgan fingerprint density at radius 3 is 2.50 bits per heavy atom. The molecule has 5 heteroatoms. The number of rotatable bonds is 5. The van der Waals surface area contributed by atoms with E-state index in [2.05, 4.69) is 31.5 Å². The fourth-order valence-electron chi connectivity index (χ4n) is 2.35. The molecule has 0 unspecified atom stereocenters. The molecule has 1 atom stereocenters. The van der Waals surface area contributed by atoms with Crippen LogP contribution < -0.4 is 10.7 Å². The van der Waals surface area contributed by atoms with Gasteiger partial charge in [0, 0.05) is 11.6 Å². The van der Waals surface area contributed by atoms with E-state index in [-0.39, 0.29) is 5.66 Å². The normalized spacial score (nSPS) is 22.4. The number of thiocarbonyl (C=S) groups is 1. The van der Waals surface area contributed by atoms with Crippen molar-refractivity contribution in [1.29, 1.82) is 0 Å². The van der Waals surface area contributed by atoms with Crippen LogP contribution in [0.15, 0.2) is 24.3 Å². The van der Waals surface area contributed by atoms with Gasteiger partial charge in [0.15, 0.2) is 5.11 Å². The lowest BCUT2D eigenvalue weighted by atomic mass is 9.98. The zero-order valence-corrected chi connectivity index (χ0v) is 13.8. The van der Waals surface area contributed by atoms with Crippen molar-refractivity contribution in [3.05, 3.63) is 34.9 Å². The highest BCUT2D eigenvalue weighted by Gasteiger charge is 2.39. The molecular formula is C15H22ClN3S. The van der Waals surface area contributed by atoms with Crippen LogP contribution in [0.1, 0.15) is 39.2 Å². The molecule has 0 saturated carbocycles. The number of hydrazine groups is 1. The second-order valence-electron chi connectivity index (χ2n) is 5.64. The highest BCUT2D eigenvalue weighted by atomic mass is 35.5. The van der Waals surface area contributed by atoms with Crippen LogP contribution in [-0.2, 0) is 5.66 Å². The van der Waals surface area contributed by atoms with E-state index in [1.165, 1.54) is 0 Å². The molecule has 1 aromatic rings. The number of nitrogens with zero attached hydrogens (tertiary/aromatic N) is 1. The number of hydrogen-bond acceptors (Lipinski definition) is 2. The van der Waals surface area contributed by atoms with Crippen LogP contribution >= 0.6 is 23.8 Å². The zero-order chi connectivity index (χ0) is 14.8. The zero-order valence-electron chi connectivity index (χ0n) is 12.2. The summed E-state index contributed by atoms with van der Waals surface area (Å²) >= 11 is 11.4. The average Bonchev–Trinajstić information content (AvgIpc) is 2.75. The lowest BCUT2D eigenvalue weighted by Crippen LogP contribution is -2.48. The summed E-state index contributed by atoms with van der Waals surface area (Å²) in [6.07, 6.45) is 2.00. The van der Waals surface area contributed by atoms with E-state index < -0.39 is 0 Å². The maximum Gasteiger partial charge on any atom is 0.185 e. The Bertz CT molecular complexity index is 475. The minimum Gasteiger partial charge on any atom is -0.338 e. The van der Waals surface area contributed by atoms with E-state index >= 15 is 0 Å². The van der Waals surface area contributed by atoms with Crippen LogP contribution in [0.2, 0.25) is 5.02 Å². The third-order valence-corrected chi connectivity index (χ3v) is 4.26. The van der Waals surface area contributed by atoms with Gasteiger partial charge in [-0.2, -0.15) is 0 Å². The average molecular weight is 312 g/mol. The summed E-state index contributed by atoms with van der Waals surface area (Å²) in [5, 5.41) is 6.99. The molecule has 1 aromatic carbocycles.